The number of anilines is 1. The molecule has 1 aliphatic heterocycles. The van der Waals surface area contributed by atoms with E-state index in [1.165, 1.54) is 12.1 Å². The zero-order valence-electron chi connectivity index (χ0n) is 15.7. The second-order valence-corrected chi connectivity index (χ2v) is 7.43. The maximum atomic E-state index is 13.4. The molecule has 142 valence electrons. The van der Waals surface area contributed by atoms with Crippen molar-refractivity contribution in [3.8, 4) is 5.69 Å². The maximum Gasteiger partial charge on any atom is 0.143 e. The van der Waals surface area contributed by atoms with Gasteiger partial charge in [-0.3, -0.25) is 4.79 Å². The van der Waals surface area contributed by atoms with Crippen molar-refractivity contribution in [2.24, 2.45) is 5.92 Å². The van der Waals surface area contributed by atoms with Crippen LogP contribution in [0.2, 0.25) is 0 Å². The first-order chi connectivity index (χ1) is 13.5. The molecule has 2 aliphatic rings. The van der Waals surface area contributed by atoms with Crippen LogP contribution in [0.4, 0.5) is 10.2 Å². The summed E-state index contributed by atoms with van der Waals surface area (Å²) < 4.78 is 21.1. The van der Waals surface area contributed by atoms with Gasteiger partial charge < -0.3 is 9.73 Å². The number of carbonyl (C=O) groups is 1. The number of hydrogen-bond acceptors (Lipinski definition) is 4. The van der Waals surface area contributed by atoms with Gasteiger partial charge in [0.15, 0.2) is 0 Å². The summed E-state index contributed by atoms with van der Waals surface area (Å²) in [7, 11) is 0. The van der Waals surface area contributed by atoms with E-state index < -0.39 is 0 Å². The molecule has 2 atom stereocenters. The standard InChI is InChI=1S/C22H20FN3O2/c1-12-6-11-18(28-12)21-19-13(2)25-26(15-9-7-14(23)8-10-15)22(19)24-16-4-3-5-17(27)20(16)21/h4,6-11,20-21,24H,3,5H2,1-2H3/t20-,21+/m0/s1. The van der Waals surface area contributed by atoms with E-state index in [2.05, 4.69) is 11.4 Å². The first-order valence-corrected chi connectivity index (χ1v) is 9.44. The molecule has 0 amide bonds. The Hall–Kier alpha value is -3.15. The first-order valence-electron chi connectivity index (χ1n) is 9.44. The van der Waals surface area contributed by atoms with Gasteiger partial charge in [0.05, 0.1) is 23.2 Å². The highest BCUT2D eigenvalue weighted by Gasteiger charge is 2.44. The highest BCUT2D eigenvalue weighted by molar-refractivity contribution is 5.89. The van der Waals surface area contributed by atoms with Gasteiger partial charge in [-0.2, -0.15) is 5.10 Å². The van der Waals surface area contributed by atoms with E-state index in [9.17, 15) is 9.18 Å². The Kier molecular flexibility index (Phi) is 3.75. The van der Waals surface area contributed by atoms with Gasteiger partial charge in [-0.1, -0.05) is 6.08 Å². The van der Waals surface area contributed by atoms with Gasteiger partial charge in [-0.05, 0) is 56.7 Å². The molecule has 0 radical (unpaired) electrons. The van der Waals surface area contributed by atoms with E-state index in [1.807, 2.05) is 26.0 Å². The number of nitrogens with zero attached hydrogens (tertiary/aromatic N) is 2. The third-order valence-electron chi connectivity index (χ3n) is 5.59. The number of rotatable bonds is 2. The lowest BCUT2D eigenvalue weighted by Crippen LogP contribution is -2.35. The highest BCUT2D eigenvalue weighted by Crippen LogP contribution is 2.48. The summed E-state index contributed by atoms with van der Waals surface area (Å²) in [5, 5.41) is 8.15. The van der Waals surface area contributed by atoms with Gasteiger partial charge in [0.1, 0.15) is 28.9 Å². The molecule has 0 saturated carbocycles. The topological polar surface area (TPSA) is 60.1 Å². The molecule has 1 aliphatic carbocycles. The average molecular weight is 377 g/mol. The zero-order chi connectivity index (χ0) is 19.4. The number of halogens is 1. The summed E-state index contributed by atoms with van der Waals surface area (Å²) in [6.45, 7) is 3.84. The Balaban J connectivity index is 1.74. The molecule has 0 unspecified atom stereocenters. The fourth-order valence-electron chi connectivity index (χ4n) is 4.35. The lowest BCUT2D eigenvalue weighted by molar-refractivity contribution is -0.122. The summed E-state index contributed by atoms with van der Waals surface area (Å²) in [5.41, 5.74) is 3.43. The smallest absolute Gasteiger partial charge is 0.143 e. The van der Waals surface area contributed by atoms with Crippen LogP contribution in [0.25, 0.3) is 5.69 Å². The summed E-state index contributed by atoms with van der Waals surface area (Å²) in [6.07, 6.45) is 3.35. The van der Waals surface area contributed by atoms with Crippen molar-refractivity contribution >= 4 is 11.6 Å². The summed E-state index contributed by atoms with van der Waals surface area (Å²) >= 11 is 0. The highest BCUT2D eigenvalue weighted by atomic mass is 19.1. The Morgan fingerprint density at radius 1 is 1.14 bits per heavy atom. The number of allylic oxidation sites excluding steroid dienone is 2. The van der Waals surface area contributed by atoms with E-state index in [0.29, 0.717) is 6.42 Å². The fourth-order valence-corrected chi connectivity index (χ4v) is 4.35. The molecule has 5 rings (SSSR count). The van der Waals surface area contributed by atoms with Crippen molar-refractivity contribution in [1.82, 2.24) is 9.78 Å². The van der Waals surface area contributed by atoms with Crippen molar-refractivity contribution in [2.45, 2.75) is 32.6 Å². The van der Waals surface area contributed by atoms with Crippen LogP contribution in [0, 0.1) is 25.6 Å². The molecule has 1 N–H and O–H groups in total. The lowest BCUT2D eigenvalue weighted by Gasteiger charge is -2.35. The molecular formula is C22H20FN3O2. The van der Waals surface area contributed by atoms with Gasteiger partial charge in [0.2, 0.25) is 0 Å². The van der Waals surface area contributed by atoms with Crippen LogP contribution in [0.3, 0.4) is 0 Å². The minimum atomic E-state index is -0.295. The summed E-state index contributed by atoms with van der Waals surface area (Å²) in [4.78, 5) is 12.9. The minimum absolute atomic E-state index is 0.212. The Morgan fingerprint density at radius 2 is 1.93 bits per heavy atom. The Labute approximate surface area is 161 Å². The van der Waals surface area contributed by atoms with E-state index in [1.54, 1.807) is 16.8 Å². The lowest BCUT2D eigenvalue weighted by atomic mass is 9.73. The van der Waals surface area contributed by atoms with Crippen molar-refractivity contribution in [3.05, 3.63) is 76.8 Å². The van der Waals surface area contributed by atoms with Gasteiger partial charge >= 0.3 is 0 Å². The molecule has 3 heterocycles. The largest absolute Gasteiger partial charge is 0.466 e. The maximum absolute atomic E-state index is 13.4. The number of Topliss-reactive ketones (excluding diaryl/α,β-unsaturated/α-hetero) is 1. The van der Waals surface area contributed by atoms with E-state index >= 15 is 0 Å². The monoisotopic (exact) mass is 377 g/mol. The molecule has 5 nitrogen and oxygen atoms in total. The Bertz CT molecular complexity index is 1110. The second-order valence-electron chi connectivity index (χ2n) is 7.43. The quantitative estimate of drug-likeness (QED) is 0.707. The van der Waals surface area contributed by atoms with Crippen LogP contribution in [0.15, 0.2) is 52.6 Å². The number of fused-ring (bicyclic) bond motifs is 2. The van der Waals surface area contributed by atoms with E-state index in [-0.39, 0.29) is 23.4 Å². The molecule has 1 aromatic carbocycles. The Morgan fingerprint density at radius 3 is 2.64 bits per heavy atom. The van der Waals surface area contributed by atoms with Crippen molar-refractivity contribution in [3.63, 3.8) is 0 Å². The molecule has 2 aromatic heterocycles. The number of benzene rings is 1. The van der Waals surface area contributed by atoms with Crippen LogP contribution in [0.5, 0.6) is 0 Å². The number of nitrogens with one attached hydrogen (secondary N) is 1. The molecule has 0 fully saturated rings. The van der Waals surface area contributed by atoms with E-state index in [0.717, 1.165) is 46.4 Å². The second kappa shape index (κ2) is 6.19. The minimum Gasteiger partial charge on any atom is -0.466 e. The third-order valence-corrected chi connectivity index (χ3v) is 5.59. The number of carbonyl (C=O) groups excluding carboxylic acids is 1. The molecule has 0 saturated heterocycles. The number of aryl methyl sites for hydroxylation is 2. The van der Waals surface area contributed by atoms with Crippen LogP contribution in [-0.4, -0.2) is 15.6 Å². The van der Waals surface area contributed by atoms with Crippen LogP contribution < -0.4 is 5.32 Å². The molecule has 3 aromatic rings. The number of aromatic nitrogens is 2. The number of hydrogen-bond donors (Lipinski definition) is 1. The average Bonchev–Trinajstić information content (AvgIpc) is 3.25. The van der Waals surface area contributed by atoms with Crippen LogP contribution in [-0.2, 0) is 4.79 Å². The van der Waals surface area contributed by atoms with Gasteiger partial charge in [-0.25, -0.2) is 9.07 Å². The number of ketones is 1. The predicted molar refractivity (Wildman–Crippen MR) is 103 cm³/mol. The molecule has 0 spiro atoms. The SMILES string of the molecule is Cc1ccc([C@@H]2c3c(C)nn(-c4ccc(F)cc4)c3NC3=CCCC(=O)[C@H]32)o1. The predicted octanol–water partition coefficient (Wildman–Crippen LogP) is 4.64. The first kappa shape index (κ1) is 17.0. The number of furan rings is 1. The third kappa shape index (κ3) is 2.52. The van der Waals surface area contributed by atoms with Gasteiger partial charge in [0, 0.05) is 17.7 Å². The zero-order valence-corrected chi connectivity index (χ0v) is 15.7. The fraction of sp³-hybridized carbons (Fsp3) is 0.273. The molecule has 28 heavy (non-hydrogen) atoms. The van der Waals surface area contributed by atoms with Crippen molar-refractivity contribution in [1.29, 1.82) is 0 Å². The van der Waals surface area contributed by atoms with Gasteiger partial charge in [0.25, 0.3) is 0 Å². The van der Waals surface area contributed by atoms with Crippen LogP contribution in [0.1, 0.15) is 41.5 Å². The molecular weight excluding hydrogens is 357 g/mol. The van der Waals surface area contributed by atoms with Gasteiger partial charge in [-0.15, -0.1) is 0 Å². The van der Waals surface area contributed by atoms with E-state index in [4.69, 9.17) is 9.52 Å². The van der Waals surface area contributed by atoms with Crippen molar-refractivity contribution in [2.75, 3.05) is 5.32 Å². The van der Waals surface area contributed by atoms with Crippen LogP contribution >= 0.6 is 0 Å². The summed E-state index contributed by atoms with van der Waals surface area (Å²) in [5.74, 6) is 1.79. The van der Waals surface area contributed by atoms with Crippen molar-refractivity contribution < 1.29 is 13.6 Å². The normalized spacial score (nSPS) is 21.0. The molecule has 6 heteroatoms. The summed E-state index contributed by atoms with van der Waals surface area (Å²) in [6, 6.07) is 10.1. The molecule has 0 bridgehead atoms.